The number of pyridine rings is 1. The average molecular weight is 417 g/mol. The molecule has 1 unspecified atom stereocenters. The highest BCUT2D eigenvalue weighted by Crippen LogP contribution is 2.23. The van der Waals surface area contributed by atoms with Gasteiger partial charge < -0.3 is 9.80 Å². The molecule has 2 amide bonds. The van der Waals surface area contributed by atoms with Crippen molar-refractivity contribution < 1.29 is 14.0 Å². The molecule has 1 saturated heterocycles. The molecule has 0 bridgehead atoms. The van der Waals surface area contributed by atoms with Gasteiger partial charge in [-0.1, -0.05) is 36.4 Å². The third-order valence-corrected chi connectivity index (χ3v) is 5.67. The maximum atomic E-state index is 13.2. The van der Waals surface area contributed by atoms with Gasteiger partial charge in [-0.05, 0) is 46.5 Å². The van der Waals surface area contributed by atoms with E-state index in [1.165, 1.54) is 12.1 Å². The van der Waals surface area contributed by atoms with Crippen molar-refractivity contribution in [1.29, 1.82) is 0 Å². The third-order valence-electron chi connectivity index (χ3n) is 5.67. The summed E-state index contributed by atoms with van der Waals surface area (Å²) < 4.78 is 13.2. The lowest BCUT2D eigenvalue weighted by atomic mass is 9.97. The standard InChI is InChI=1S/C25H24FN3O2/c1-28-13-14-29(24(30)17-18-5-7-22(26)8-6-18)23(25(28)31)16-19-3-2-4-21(15-19)20-9-11-27-12-10-20/h2-12,15,23H,13-14,16-17H2,1H3. The number of halogens is 1. The lowest BCUT2D eigenvalue weighted by Crippen LogP contribution is -2.58. The van der Waals surface area contributed by atoms with Crippen LogP contribution < -0.4 is 0 Å². The number of carbonyl (C=O) groups excluding carboxylic acids is 2. The average Bonchev–Trinajstić information content (AvgIpc) is 2.79. The SMILES string of the molecule is CN1CCN(C(=O)Cc2ccc(F)cc2)C(Cc2cccc(-c3ccncc3)c2)C1=O. The highest BCUT2D eigenvalue weighted by atomic mass is 19.1. The summed E-state index contributed by atoms with van der Waals surface area (Å²) in [5.41, 5.74) is 3.81. The number of hydrogen-bond donors (Lipinski definition) is 0. The van der Waals surface area contributed by atoms with Crippen LogP contribution in [0.25, 0.3) is 11.1 Å². The molecule has 0 N–H and O–H groups in total. The molecule has 2 heterocycles. The van der Waals surface area contributed by atoms with E-state index in [0.29, 0.717) is 19.5 Å². The van der Waals surface area contributed by atoms with E-state index in [-0.39, 0.29) is 24.1 Å². The Labute approximate surface area is 181 Å². The number of benzene rings is 2. The Morgan fingerprint density at radius 3 is 2.48 bits per heavy atom. The fourth-order valence-electron chi connectivity index (χ4n) is 3.93. The predicted molar refractivity (Wildman–Crippen MR) is 117 cm³/mol. The van der Waals surface area contributed by atoms with E-state index in [1.807, 2.05) is 30.3 Å². The molecule has 31 heavy (non-hydrogen) atoms. The van der Waals surface area contributed by atoms with Gasteiger partial charge in [0, 0.05) is 39.0 Å². The van der Waals surface area contributed by atoms with E-state index in [9.17, 15) is 14.0 Å². The molecule has 158 valence electrons. The molecule has 1 aromatic heterocycles. The van der Waals surface area contributed by atoms with Gasteiger partial charge in [-0.2, -0.15) is 0 Å². The van der Waals surface area contributed by atoms with Crippen LogP contribution >= 0.6 is 0 Å². The molecule has 1 atom stereocenters. The van der Waals surface area contributed by atoms with Crippen molar-refractivity contribution in [2.24, 2.45) is 0 Å². The molecule has 0 saturated carbocycles. The van der Waals surface area contributed by atoms with Crippen LogP contribution in [0.2, 0.25) is 0 Å². The molecule has 6 heteroatoms. The molecule has 1 aliphatic rings. The normalized spacial score (nSPS) is 16.5. The van der Waals surface area contributed by atoms with Crippen LogP contribution in [0, 0.1) is 5.82 Å². The number of amides is 2. The molecule has 2 aromatic carbocycles. The molecule has 0 aliphatic carbocycles. The highest BCUT2D eigenvalue weighted by molar-refractivity contribution is 5.89. The first kappa shape index (κ1) is 20.7. The topological polar surface area (TPSA) is 53.5 Å². The first-order valence-electron chi connectivity index (χ1n) is 10.3. The summed E-state index contributed by atoms with van der Waals surface area (Å²) in [4.78, 5) is 33.4. The predicted octanol–water partition coefficient (Wildman–Crippen LogP) is 3.34. The summed E-state index contributed by atoms with van der Waals surface area (Å²) >= 11 is 0. The van der Waals surface area contributed by atoms with Crippen LogP contribution in [0.5, 0.6) is 0 Å². The largest absolute Gasteiger partial charge is 0.342 e. The first-order chi connectivity index (χ1) is 15.0. The van der Waals surface area contributed by atoms with Gasteiger partial charge in [0.2, 0.25) is 11.8 Å². The lowest BCUT2D eigenvalue weighted by Gasteiger charge is -2.39. The molecule has 1 fully saturated rings. The number of hydrogen-bond acceptors (Lipinski definition) is 3. The zero-order valence-corrected chi connectivity index (χ0v) is 17.4. The van der Waals surface area contributed by atoms with Gasteiger partial charge in [-0.25, -0.2) is 4.39 Å². The van der Waals surface area contributed by atoms with E-state index in [4.69, 9.17) is 0 Å². The van der Waals surface area contributed by atoms with Crippen molar-refractivity contribution in [3.05, 3.63) is 90.0 Å². The van der Waals surface area contributed by atoms with Crippen LogP contribution in [-0.2, 0) is 22.4 Å². The third kappa shape index (κ3) is 4.79. The van der Waals surface area contributed by atoms with E-state index in [0.717, 1.165) is 22.3 Å². The van der Waals surface area contributed by atoms with E-state index in [1.54, 1.807) is 41.4 Å². The molecular formula is C25H24FN3O2. The Morgan fingerprint density at radius 1 is 1.00 bits per heavy atom. The molecule has 3 aromatic rings. The Morgan fingerprint density at radius 2 is 1.74 bits per heavy atom. The summed E-state index contributed by atoms with van der Waals surface area (Å²) in [7, 11) is 1.77. The van der Waals surface area contributed by atoms with Crippen molar-refractivity contribution in [2.45, 2.75) is 18.9 Å². The van der Waals surface area contributed by atoms with Crippen LogP contribution in [-0.4, -0.2) is 52.8 Å². The van der Waals surface area contributed by atoms with Gasteiger partial charge in [0.1, 0.15) is 11.9 Å². The van der Waals surface area contributed by atoms with Crippen LogP contribution in [0.15, 0.2) is 73.1 Å². The molecule has 0 radical (unpaired) electrons. The first-order valence-corrected chi connectivity index (χ1v) is 10.3. The molecule has 5 nitrogen and oxygen atoms in total. The number of piperazine rings is 1. The van der Waals surface area contributed by atoms with Gasteiger partial charge in [-0.3, -0.25) is 14.6 Å². The van der Waals surface area contributed by atoms with E-state index < -0.39 is 6.04 Å². The highest BCUT2D eigenvalue weighted by Gasteiger charge is 2.35. The molecule has 1 aliphatic heterocycles. The lowest BCUT2D eigenvalue weighted by molar-refractivity contribution is -0.149. The summed E-state index contributed by atoms with van der Waals surface area (Å²) in [6, 6.07) is 17.3. The maximum Gasteiger partial charge on any atom is 0.245 e. The van der Waals surface area contributed by atoms with Gasteiger partial charge in [0.05, 0.1) is 6.42 Å². The second-order valence-electron chi connectivity index (χ2n) is 7.81. The number of nitrogens with zero attached hydrogens (tertiary/aromatic N) is 3. The summed E-state index contributed by atoms with van der Waals surface area (Å²) in [6.07, 6.45) is 4.08. The number of rotatable bonds is 5. The minimum Gasteiger partial charge on any atom is -0.342 e. The van der Waals surface area contributed by atoms with Crippen molar-refractivity contribution in [2.75, 3.05) is 20.1 Å². The maximum absolute atomic E-state index is 13.2. The van der Waals surface area contributed by atoms with Crippen molar-refractivity contribution >= 4 is 11.8 Å². The molecule has 0 spiro atoms. The Hall–Kier alpha value is -3.54. The number of carbonyl (C=O) groups is 2. The molecule has 4 rings (SSSR count). The van der Waals surface area contributed by atoms with Gasteiger partial charge in [-0.15, -0.1) is 0 Å². The minimum absolute atomic E-state index is 0.0620. The zero-order valence-electron chi connectivity index (χ0n) is 17.4. The fraction of sp³-hybridized carbons (Fsp3) is 0.240. The number of aromatic nitrogens is 1. The zero-order chi connectivity index (χ0) is 21.8. The molecular weight excluding hydrogens is 393 g/mol. The van der Waals surface area contributed by atoms with Crippen molar-refractivity contribution in [3.63, 3.8) is 0 Å². The van der Waals surface area contributed by atoms with Crippen LogP contribution in [0.3, 0.4) is 0 Å². The fourth-order valence-corrected chi connectivity index (χ4v) is 3.93. The Balaban J connectivity index is 1.55. The summed E-state index contributed by atoms with van der Waals surface area (Å²) in [5.74, 6) is -0.519. The Bertz CT molecular complexity index is 1070. The van der Waals surface area contributed by atoms with Gasteiger partial charge >= 0.3 is 0 Å². The van der Waals surface area contributed by atoms with Gasteiger partial charge in [0.25, 0.3) is 0 Å². The minimum atomic E-state index is -0.556. The monoisotopic (exact) mass is 417 g/mol. The number of likely N-dealkylation sites (N-methyl/N-ethyl adjacent to an activating group) is 1. The second kappa shape index (κ2) is 9.08. The second-order valence-corrected chi connectivity index (χ2v) is 7.81. The van der Waals surface area contributed by atoms with Crippen molar-refractivity contribution in [1.82, 2.24) is 14.8 Å². The Kier molecular flexibility index (Phi) is 6.07. The van der Waals surface area contributed by atoms with Crippen molar-refractivity contribution in [3.8, 4) is 11.1 Å². The summed E-state index contributed by atoms with van der Waals surface area (Å²) in [5, 5.41) is 0. The van der Waals surface area contributed by atoms with Gasteiger partial charge in [0.15, 0.2) is 0 Å². The van der Waals surface area contributed by atoms with E-state index in [2.05, 4.69) is 11.1 Å². The van der Waals surface area contributed by atoms with Crippen LogP contribution in [0.4, 0.5) is 4.39 Å². The quantitative estimate of drug-likeness (QED) is 0.640. The van der Waals surface area contributed by atoms with E-state index >= 15 is 0 Å². The summed E-state index contributed by atoms with van der Waals surface area (Å²) in [6.45, 7) is 0.985. The smallest absolute Gasteiger partial charge is 0.245 e. The van der Waals surface area contributed by atoms with Crippen LogP contribution in [0.1, 0.15) is 11.1 Å².